The van der Waals surface area contributed by atoms with Crippen LogP contribution in [0, 0.1) is 0 Å². The summed E-state index contributed by atoms with van der Waals surface area (Å²) in [5.41, 5.74) is 2.41. The van der Waals surface area contributed by atoms with Gasteiger partial charge in [0.1, 0.15) is 5.82 Å². The molecule has 0 amide bonds. The smallest absolute Gasteiger partial charge is 0.239 e. The van der Waals surface area contributed by atoms with Crippen molar-refractivity contribution in [3.05, 3.63) is 12.3 Å². The van der Waals surface area contributed by atoms with Crippen LogP contribution in [0.1, 0.15) is 0 Å². The van der Waals surface area contributed by atoms with E-state index in [9.17, 15) is 0 Å². The first kappa shape index (κ1) is 9.17. The Kier molecular flexibility index (Phi) is 2.47. The number of rotatable bonds is 3. The van der Waals surface area contributed by atoms with Crippen molar-refractivity contribution in [3.63, 3.8) is 0 Å². The first-order valence-corrected chi connectivity index (χ1v) is 4.52. The first-order chi connectivity index (χ1) is 6.78. The van der Waals surface area contributed by atoms with Crippen LogP contribution in [0.15, 0.2) is 12.3 Å². The lowest BCUT2D eigenvalue weighted by Crippen LogP contribution is -2.52. The van der Waals surface area contributed by atoms with Gasteiger partial charge in [0, 0.05) is 19.3 Å². The van der Waals surface area contributed by atoms with Crippen LogP contribution in [0.25, 0.3) is 0 Å². The van der Waals surface area contributed by atoms with Gasteiger partial charge in [-0.2, -0.15) is 4.98 Å². The predicted molar refractivity (Wildman–Crippen MR) is 54.7 cm³/mol. The van der Waals surface area contributed by atoms with E-state index < -0.39 is 0 Å². The standard InChI is InChI=1S/C8H14N6/c1-14-4-6(5-14)11-7-2-3-10-8(12-7)13-9/h2-3,6H,4-5,9H2,1H3,(H2,10,11,12,13). The summed E-state index contributed by atoms with van der Waals surface area (Å²) in [6, 6.07) is 2.32. The van der Waals surface area contributed by atoms with Gasteiger partial charge >= 0.3 is 0 Å². The van der Waals surface area contributed by atoms with Gasteiger partial charge in [-0.25, -0.2) is 10.8 Å². The molecule has 4 N–H and O–H groups in total. The van der Waals surface area contributed by atoms with Crippen LogP contribution in [-0.4, -0.2) is 41.0 Å². The van der Waals surface area contributed by atoms with Crippen LogP contribution >= 0.6 is 0 Å². The highest BCUT2D eigenvalue weighted by atomic mass is 15.3. The summed E-state index contributed by atoms with van der Waals surface area (Å²) < 4.78 is 0. The summed E-state index contributed by atoms with van der Waals surface area (Å²) in [4.78, 5) is 10.3. The highest BCUT2D eigenvalue weighted by Crippen LogP contribution is 2.11. The van der Waals surface area contributed by atoms with Crippen molar-refractivity contribution < 1.29 is 0 Å². The van der Waals surface area contributed by atoms with E-state index >= 15 is 0 Å². The molecule has 0 atom stereocenters. The van der Waals surface area contributed by atoms with E-state index in [4.69, 9.17) is 5.84 Å². The highest BCUT2D eigenvalue weighted by molar-refractivity contribution is 5.40. The Labute approximate surface area is 82.5 Å². The fourth-order valence-electron chi connectivity index (χ4n) is 1.51. The largest absolute Gasteiger partial charge is 0.365 e. The Morgan fingerprint density at radius 1 is 1.57 bits per heavy atom. The third-order valence-electron chi connectivity index (χ3n) is 2.20. The molecule has 0 saturated carbocycles. The van der Waals surface area contributed by atoms with Crippen molar-refractivity contribution in [3.8, 4) is 0 Å². The van der Waals surface area contributed by atoms with Gasteiger partial charge < -0.3 is 10.2 Å². The fraction of sp³-hybridized carbons (Fsp3) is 0.500. The molecule has 1 aliphatic heterocycles. The quantitative estimate of drug-likeness (QED) is 0.444. The minimum absolute atomic E-state index is 0.433. The van der Waals surface area contributed by atoms with Gasteiger partial charge in [0.05, 0.1) is 6.04 Å². The summed E-state index contributed by atoms with van der Waals surface area (Å²) in [6.07, 6.45) is 1.67. The van der Waals surface area contributed by atoms with Crippen molar-refractivity contribution >= 4 is 11.8 Å². The summed E-state index contributed by atoms with van der Waals surface area (Å²) in [6.45, 7) is 2.10. The Morgan fingerprint density at radius 2 is 2.36 bits per heavy atom. The molecular weight excluding hydrogens is 180 g/mol. The molecule has 2 heterocycles. The number of hydrogen-bond acceptors (Lipinski definition) is 6. The average Bonchev–Trinajstić information content (AvgIpc) is 2.16. The molecule has 0 bridgehead atoms. The van der Waals surface area contributed by atoms with Crippen molar-refractivity contribution in [2.24, 2.45) is 5.84 Å². The van der Waals surface area contributed by atoms with E-state index in [0.717, 1.165) is 18.9 Å². The molecule has 1 aromatic rings. The van der Waals surface area contributed by atoms with Crippen LogP contribution < -0.4 is 16.6 Å². The van der Waals surface area contributed by atoms with Crippen LogP contribution in [0.2, 0.25) is 0 Å². The molecule has 0 aliphatic carbocycles. The number of nitrogens with one attached hydrogen (secondary N) is 2. The summed E-state index contributed by atoms with van der Waals surface area (Å²) in [5.74, 6) is 6.45. The van der Waals surface area contributed by atoms with E-state index in [2.05, 4.69) is 32.7 Å². The number of nitrogens with zero attached hydrogens (tertiary/aromatic N) is 3. The van der Waals surface area contributed by atoms with Gasteiger partial charge in [0.15, 0.2) is 0 Å². The van der Waals surface area contributed by atoms with Crippen LogP contribution in [0.4, 0.5) is 11.8 Å². The van der Waals surface area contributed by atoms with Gasteiger partial charge in [-0.3, -0.25) is 5.43 Å². The zero-order chi connectivity index (χ0) is 9.97. The Hall–Kier alpha value is -1.40. The second-order valence-electron chi connectivity index (χ2n) is 3.47. The predicted octanol–water partition coefficient (Wildman–Crippen LogP) is -0.512. The number of hydrogen-bond donors (Lipinski definition) is 3. The monoisotopic (exact) mass is 194 g/mol. The maximum absolute atomic E-state index is 5.21. The number of anilines is 2. The number of aromatic nitrogens is 2. The van der Waals surface area contributed by atoms with E-state index in [0.29, 0.717) is 12.0 Å². The molecule has 1 saturated heterocycles. The molecule has 1 aromatic heterocycles. The second-order valence-corrected chi connectivity index (χ2v) is 3.47. The maximum atomic E-state index is 5.21. The molecule has 76 valence electrons. The lowest BCUT2D eigenvalue weighted by molar-refractivity contribution is 0.205. The Balaban J connectivity index is 1.95. The molecule has 0 radical (unpaired) electrons. The van der Waals surface area contributed by atoms with Gasteiger partial charge in [-0.1, -0.05) is 0 Å². The molecule has 2 rings (SSSR count). The molecule has 6 heteroatoms. The van der Waals surface area contributed by atoms with Crippen molar-refractivity contribution in [1.29, 1.82) is 0 Å². The first-order valence-electron chi connectivity index (χ1n) is 4.52. The minimum atomic E-state index is 0.433. The fourth-order valence-corrected chi connectivity index (χ4v) is 1.51. The van der Waals surface area contributed by atoms with Crippen LogP contribution in [0.5, 0.6) is 0 Å². The molecule has 6 nitrogen and oxygen atoms in total. The zero-order valence-electron chi connectivity index (χ0n) is 8.07. The van der Waals surface area contributed by atoms with E-state index in [-0.39, 0.29) is 0 Å². The topological polar surface area (TPSA) is 79.1 Å². The molecule has 1 aliphatic rings. The molecular formula is C8H14N6. The lowest BCUT2D eigenvalue weighted by atomic mass is 10.1. The van der Waals surface area contributed by atoms with Gasteiger partial charge in [-0.15, -0.1) is 0 Å². The maximum Gasteiger partial charge on any atom is 0.239 e. The molecule has 0 unspecified atom stereocenters. The normalized spacial score (nSPS) is 17.6. The minimum Gasteiger partial charge on any atom is -0.365 e. The number of nitrogen functional groups attached to an aromatic ring is 1. The van der Waals surface area contributed by atoms with E-state index in [1.165, 1.54) is 0 Å². The lowest BCUT2D eigenvalue weighted by Gasteiger charge is -2.36. The van der Waals surface area contributed by atoms with Gasteiger partial charge in [0.25, 0.3) is 0 Å². The third-order valence-corrected chi connectivity index (χ3v) is 2.20. The average molecular weight is 194 g/mol. The van der Waals surface area contributed by atoms with Crippen LogP contribution in [0.3, 0.4) is 0 Å². The molecule has 0 aromatic carbocycles. The number of likely N-dealkylation sites (N-methyl/N-ethyl adjacent to an activating group) is 1. The molecule has 0 spiro atoms. The Bertz CT molecular complexity index is 308. The van der Waals surface area contributed by atoms with E-state index in [1.807, 2.05) is 6.07 Å². The summed E-state index contributed by atoms with van der Waals surface area (Å²) in [5, 5.41) is 3.30. The number of likely N-dealkylation sites (tertiary alicyclic amines) is 1. The second kappa shape index (κ2) is 3.77. The number of hydrazine groups is 1. The van der Waals surface area contributed by atoms with E-state index in [1.54, 1.807) is 6.20 Å². The Morgan fingerprint density at radius 3 is 3.00 bits per heavy atom. The molecule has 14 heavy (non-hydrogen) atoms. The highest BCUT2D eigenvalue weighted by Gasteiger charge is 2.22. The third kappa shape index (κ3) is 1.91. The summed E-state index contributed by atoms with van der Waals surface area (Å²) in [7, 11) is 2.09. The van der Waals surface area contributed by atoms with Gasteiger partial charge in [0.2, 0.25) is 5.95 Å². The van der Waals surface area contributed by atoms with Gasteiger partial charge in [-0.05, 0) is 13.1 Å². The number of nitrogens with two attached hydrogens (primary N) is 1. The van der Waals surface area contributed by atoms with Crippen molar-refractivity contribution in [2.75, 3.05) is 30.9 Å². The van der Waals surface area contributed by atoms with Crippen LogP contribution in [-0.2, 0) is 0 Å². The SMILES string of the molecule is CN1CC(Nc2ccnc(NN)n2)C1. The zero-order valence-corrected chi connectivity index (χ0v) is 8.07. The van der Waals surface area contributed by atoms with Crippen molar-refractivity contribution in [2.45, 2.75) is 6.04 Å². The summed E-state index contributed by atoms with van der Waals surface area (Å²) >= 11 is 0. The van der Waals surface area contributed by atoms with Crippen molar-refractivity contribution in [1.82, 2.24) is 14.9 Å². The molecule has 1 fully saturated rings.